The first-order valence-corrected chi connectivity index (χ1v) is 14.1. The number of carbonyl (C=O) groups is 3. The van der Waals surface area contributed by atoms with E-state index >= 15 is 0 Å². The maximum Gasteiger partial charge on any atom is 0.255 e. The second-order valence-corrected chi connectivity index (χ2v) is 11.6. The van der Waals surface area contributed by atoms with Gasteiger partial charge >= 0.3 is 0 Å². The SMILES string of the molecule is Cc1ncsc1-c1ccc(CNC(=O)C2(C)CCCN2C(=O)C(C(C)C)N2Cc3ccccc3C2=O)cc1. The van der Waals surface area contributed by atoms with E-state index in [1.807, 2.05) is 81.7 Å². The largest absolute Gasteiger partial charge is 0.350 e. The number of fused-ring (bicyclic) bond motifs is 1. The number of hydrogen-bond acceptors (Lipinski definition) is 5. The van der Waals surface area contributed by atoms with Crippen LogP contribution in [-0.4, -0.2) is 50.6 Å². The second kappa shape index (κ2) is 10.3. The summed E-state index contributed by atoms with van der Waals surface area (Å²) >= 11 is 1.61. The second-order valence-electron chi connectivity index (χ2n) is 10.8. The van der Waals surface area contributed by atoms with Crippen LogP contribution in [0.4, 0.5) is 0 Å². The highest BCUT2D eigenvalue weighted by molar-refractivity contribution is 7.13. The summed E-state index contributed by atoms with van der Waals surface area (Å²) in [4.78, 5) is 49.6. The van der Waals surface area contributed by atoms with Crippen LogP contribution in [0.1, 0.15) is 60.8 Å². The predicted molar refractivity (Wildman–Crippen MR) is 148 cm³/mol. The Labute approximate surface area is 227 Å². The van der Waals surface area contributed by atoms with E-state index in [-0.39, 0.29) is 23.6 Å². The van der Waals surface area contributed by atoms with Crippen molar-refractivity contribution in [1.82, 2.24) is 20.1 Å². The molecular weight excluding hydrogens is 496 g/mol. The molecule has 38 heavy (non-hydrogen) atoms. The van der Waals surface area contributed by atoms with Crippen molar-refractivity contribution >= 4 is 29.1 Å². The molecule has 0 saturated carbocycles. The van der Waals surface area contributed by atoms with Crippen molar-refractivity contribution in [3.8, 4) is 10.4 Å². The molecule has 3 aromatic rings. The van der Waals surface area contributed by atoms with E-state index in [4.69, 9.17) is 0 Å². The minimum atomic E-state index is -0.959. The Hall–Kier alpha value is -3.52. The molecule has 1 fully saturated rings. The Bertz CT molecular complexity index is 1370. The first-order chi connectivity index (χ1) is 18.2. The van der Waals surface area contributed by atoms with Crippen molar-refractivity contribution in [1.29, 1.82) is 0 Å². The van der Waals surface area contributed by atoms with E-state index in [0.29, 0.717) is 31.6 Å². The number of rotatable bonds is 7. The fourth-order valence-electron chi connectivity index (χ4n) is 5.72. The molecule has 1 aromatic heterocycles. The molecule has 2 aromatic carbocycles. The summed E-state index contributed by atoms with van der Waals surface area (Å²) in [7, 11) is 0. The van der Waals surface area contributed by atoms with Crippen LogP contribution in [0.15, 0.2) is 54.0 Å². The molecule has 7 nitrogen and oxygen atoms in total. The number of nitrogens with one attached hydrogen (secondary N) is 1. The summed E-state index contributed by atoms with van der Waals surface area (Å²) < 4.78 is 0. The average Bonchev–Trinajstić information content (AvgIpc) is 3.60. The van der Waals surface area contributed by atoms with Gasteiger partial charge in [0, 0.05) is 25.2 Å². The Morgan fingerprint density at radius 2 is 1.87 bits per heavy atom. The molecule has 2 atom stereocenters. The van der Waals surface area contributed by atoms with Crippen LogP contribution < -0.4 is 5.32 Å². The predicted octanol–water partition coefficient (Wildman–Crippen LogP) is 4.80. The van der Waals surface area contributed by atoms with Crippen molar-refractivity contribution in [3.63, 3.8) is 0 Å². The fourth-order valence-corrected chi connectivity index (χ4v) is 6.53. The molecule has 2 aliphatic rings. The van der Waals surface area contributed by atoms with Gasteiger partial charge in [0.25, 0.3) is 5.91 Å². The van der Waals surface area contributed by atoms with E-state index in [1.54, 1.807) is 21.1 Å². The molecule has 0 bridgehead atoms. The van der Waals surface area contributed by atoms with Gasteiger partial charge in [-0.2, -0.15) is 0 Å². The van der Waals surface area contributed by atoms with Gasteiger partial charge in [-0.1, -0.05) is 56.3 Å². The quantitative estimate of drug-likeness (QED) is 0.476. The number of carbonyl (C=O) groups excluding carboxylic acids is 3. The van der Waals surface area contributed by atoms with Gasteiger partial charge in [-0.05, 0) is 55.4 Å². The number of thiazole rings is 1. The lowest BCUT2D eigenvalue weighted by Gasteiger charge is -2.39. The first kappa shape index (κ1) is 26.1. The molecule has 5 rings (SSSR count). The number of aromatic nitrogens is 1. The minimum absolute atomic E-state index is 0.0885. The van der Waals surface area contributed by atoms with E-state index in [1.165, 1.54) is 0 Å². The summed E-state index contributed by atoms with van der Waals surface area (Å²) in [5, 5.41) is 3.07. The van der Waals surface area contributed by atoms with Crippen LogP contribution in [0.25, 0.3) is 10.4 Å². The normalized spacial score (nSPS) is 19.7. The number of benzene rings is 2. The highest BCUT2D eigenvalue weighted by Gasteiger charge is 2.49. The molecule has 0 aliphatic carbocycles. The molecular formula is C30H34N4O3S. The van der Waals surface area contributed by atoms with Crippen LogP contribution in [0, 0.1) is 12.8 Å². The van der Waals surface area contributed by atoms with E-state index in [0.717, 1.165) is 33.7 Å². The summed E-state index contributed by atoms with van der Waals surface area (Å²) in [5.74, 6) is -0.519. The Balaban J connectivity index is 1.29. The van der Waals surface area contributed by atoms with E-state index < -0.39 is 11.6 Å². The third-order valence-electron chi connectivity index (χ3n) is 7.88. The van der Waals surface area contributed by atoms with Crippen molar-refractivity contribution in [3.05, 3.63) is 76.4 Å². The molecule has 2 aliphatic heterocycles. The molecule has 2 unspecified atom stereocenters. The Morgan fingerprint density at radius 1 is 1.13 bits per heavy atom. The van der Waals surface area contributed by atoms with Gasteiger partial charge in [0.1, 0.15) is 11.6 Å². The van der Waals surface area contributed by atoms with Gasteiger partial charge in [0.2, 0.25) is 11.8 Å². The molecule has 3 amide bonds. The van der Waals surface area contributed by atoms with Crippen LogP contribution in [0.5, 0.6) is 0 Å². The summed E-state index contributed by atoms with van der Waals surface area (Å²) in [6, 6.07) is 15.0. The van der Waals surface area contributed by atoms with Crippen molar-refractivity contribution < 1.29 is 14.4 Å². The van der Waals surface area contributed by atoms with Crippen molar-refractivity contribution in [2.24, 2.45) is 5.92 Å². The van der Waals surface area contributed by atoms with Gasteiger partial charge in [-0.3, -0.25) is 14.4 Å². The number of amides is 3. The summed E-state index contributed by atoms with van der Waals surface area (Å²) in [5.41, 5.74) is 5.59. The molecule has 1 saturated heterocycles. The topological polar surface area (TPSA) is 82.6 Å². The Morgan fingerprint density at radius 3 is 2.53 bits per heavy atom. The number of hydrogen-bond donors (Lipinski definition) is 1. The third-order valence-corrected chi connectivity index (χ3v) is 8.86. The number of nitrogens with zero attached hydrogens (tertiary/aromatic N) is 3. The van der Waals surface area contributed by atoms with E-state index in [9.17, 15) is 14.4 Å². The van der Waals surface area contributed by atoms with Crippen molar-refractivity contribution in [2.45, 2.75) is 65.2 Å². The van der Waals surface area contributed by atoms with Gasteiger partial charge in [0.05, 0.1) is 16.1 Å². The number of likely N-dealkylation sites (tertiary alicyclic amines) is 1. The fraction of sp³-hybridized carbons (Fsp3) is 0.400. The highest BCUT2D eigenvalue weighted by Crippen LogP contribution is 2.34. The zero-order chi connectivity index (χ0) is 27.0. The van der Waals surface area contributed by atoms with Gasteiger partial charge in [-0.15, -0.1) is 11.3 Å². The molecule has 0 spiro atoms. The lowest BCUT2D eigenvalue weighted by atomic mass is 9.94. The minimum Gasteiger partial charge on any atom is -0.350 e. The lowest BCUT2D eigenvalue weighted by molar-refractivity contribution is -0.148. The Kier molecular flexibility index (Phi) is 7.09. The standard InChI is InChI=1S/C30H34N4O3S/c1-19(2)25(33-17-23-8-5-6-9-24(23)27(33)35)28(36)34-15-7-14-30(34,4)29(37)31-16-21-10-12-22(13-11-21)26-20(3)32-18-38-26/h5-6,8-13,18-19,25H,7,14-17H2,1-4H3,(H,31,37). The van der Waals surface area contributed by atoms with Gasteiger partial charge in [-0.25, -0.2) is 4.98 Å². The summed E-state index contributed by atoms with van der Waals surface area (Å²) in [6.07, 6.45) is 1.34. The van der Waals surface area contributed by atoms with Crippen LogP contribution in [0.2, 0.25) is 0 Å². The average molecular weight is 531 g/mol. The molecule has 198 valence electrons. The van der Waals surface area contributed by atoms with Crippen LogP contribution >= 0.6 is 11.3 Å². The zero-order valence-corrected chi connectivity index (χ0v) is 23.2. The first-order valence-electron chi connectivity index (χ1n) is 13.2. The van der Waals surface area contributed by atoms with Gasteiger partial charge in [0.15, 0.2) is 0 Å². The highest BCUT2D eigenvalue weighted by atomic mass is 32.1. The molecule has 1 N–H and O–H groups in total. The smallest absolute Gasteiger partial charge is 0.255 e. The monoisotopic (exact) mass is 530 g/mol. The molecule has 0 radical (unpaired) electrons. The van der Waals surface area contributed by atoms with Crippen LogP contribution in [-0.2, 0) is 22.7 Å². The maximum absolute atomic E-state index is 14.0. The zero-order valence-electron chi connectivity index (χ0n) is 22.4. The van der Waals surface area contributed by atoms with Crippen molar-refractivity contribution in [2.75, 3.05) is 6.54 Å². The third kappa shape index (κ3) is 4.62. The van der Waals surface area contributed by atoms with Gasteiger partial charge < -0.3 is 15.1 Å². The molecule has 3 heterocycles. The van der Waals surface area contributed by atoms with E-state index in [2.05, 4.69) is 10.3 Å². The van der Waals surface area contributed by atoms with Crippen LogP contribution in [0.3, 0.4) is 0 Å². The lowest BCUT2D eigenvalue weighted by Crippen LogP contribution is -2.60. The maximum atomic E-state index is 14.0. The number of aryl methyl sites for hydroxylation is 1. The molecule has 8 heteroatoms. The summed E-state index contributed by atoms with van der Waals surface area (Å²) in [6.45, 7) is 9.07.